The number of carbonyl (C=O) groups excluding carboxylic acids is 1. The van der Waals surface area contributed by atoms with E-state index in [0.29, 0.717) is 32.6 Å². The lowest BCUT2D eigenvalue weighted by Crippen LogP contribution is -2.13. The van der Waals surface area contributed by atoms with Crippen LogP contribution < -0.4 is 10.2 Å². The molecule has 0 radical (unpaired) electrons. The molecule has 0 aliphatic carbocycles. The topological polar surface area (TPSA) is 106 Å². The van der Waals surface area contributed by atoms with E-state index in [9.17, 15) is 9.59 Å². The molecule has 1 aromatic heterocycles. The maximum atomic E-state index is 13.0. The lowest BCUT2D eigenvalue weighted by atomic mass is 10.1. The van der Waals surface area contributed by atoms with Gasteiger partial charge in [0.1, 0.15) is 4.88 Å². The largest absolute Gasteiger partial charge is 0.478 e. The summed E-state index contributed by atoms with van der Waals surface area (Å²) in [6, 6.07) is 14.8. The first-order chi connectivity index (χ1) is 13.4. The Hall–Kier alpha value is -3.70. The Balaban J connectivity index is 1.92. The molecule has 0 unspecified atom stereocenters. The number of nitrogens with one attached hydrogen (secondary N) is 1. The molecule has 2 N–H and O–H groups in total. The lowest BCUT2D eigenvalue weighted by molar-refractivity contribution is 0.0696. The van der Waals surface area contributed by atoms with Crippen molar-refractivity contribution < 1.29 is 14.7 Å². The zero-order valence-corrected chi connectivity index (χ0v) is 15.9. The van der Waals surface area contributed by atoms with Crippen molar-refractivity contribution in [3.8, 4) is 6.07 Å². The van der Waals surface area contributed by atoms with Crippen molar-refractivity contribution in [3.05, 3.63) is 70.1 Å². The Kier molecular flexibility index (Phi) is 5.38. The van der Waals surface area contributed by atoms with Crippen LogP contribution in [0.3, 0.4) is 0 Å². The second-order valence-electron chi connectivity index (χ2n) is 6.10. The number of hydrogen-bond donors (Lipinski definition) is 2. The summed E-state index contributed by atoms with van der Waals surface area (Å²) < 4.78 is 0. The second kappa shape index (κ2) is 7.90. The van der Waals surface area contributed by atoms with Gasteiger partial charge < -0.3 is 15.3 Å². The summed E-state index contributed by atoms with van der Waals surface area (Å²) in [6.45, 7) is 0. The standard InChI is InChI=1S/C20H16N4O3S/c1-24(2)18-17(16(25)14-5-3-4-12(10-14)11-21)28-20(23-18)22-15-8-6-13(7-9-15)19(26)27/h3-10H,1-2H3,(H,22,23)(H,26,27). The van der Waals surface area contributed by atoms with Crippen LogP contribution in [0.1, 0.15) is 31.2 Å². The number of carbonyl (C=O) groups is 2. The van der Waals surface area contributed by atoms with Gasteiger partial charge in [0.15, 0.2) is 10.9 Å². The number of nitriles is 1. The van der Waals surface area contributed by atoms with E-state index in [2.05, 4.69) is 10.3 Å². The van der Waals surface area contributed by atoms with E-state index < -0.39 is 5.97 Å². The van der Waals surface area contributed by atoms with Crippen LogP contribution in [0.25, 0.3) is 0 Å². The smallest absolute Gasteiger partial charge is 0.335 e. The SMILES string of the molecule is CN(C)c1nc(Nc2ccc(C(=O)O)cc2)sc1C(=O)c1cccc(C#N)c1. The van der Waals surface area contributed by atoms with Gasteiger partial charge in [0, 0.05) is 25.3 Å². The highest BCUT2D eigenvalue weighted by atomic mass is 32.1. The number of rotatable bonds is 6. The molecule has 0 spiro atoms. The van der Waals surface area contributed by atoms with Crippen molar-refractivity contribution in [3.63, 3.8) is 0 Å². The number of benzene rings is 2. The van der Waals surface area contributed by atoms with Crippen molar-refractivity contribution >= 4 is 39.7 Å². The average molecular weight is 392 g/mol. The number of thiazole rings is 1. The van der Waals surface area contributed by atoms with Gasteiger partial charge in [0.05, 0.1) is 17.2 Å². The molecule has 8 heteroatoms. The number of nitrogens with zero attached hydrogens (tertiary/aromatic N) is 3. The Morgan fingerprint density at radius 2 is 1.86 bits per heavy atom. The van der Waals surface area contributed by atoms with Crippen LogP contribution in [-0.4, -0.2) is 35.9 Å². The third-order valence-corrected chi connectivity index (χ3v) is 4.83. The van der Waals surface area contributed by atoms with E-state index in [-0.39, 0.29) is 11.3 Å². The summed E-state index contributed by atoms with van der Waals surface area (Å²) in [6.07, 6.45) is 0. The molecule has 1 heterocycles. The molecular formula is C20H16N4O3S. The monoisotopic (exact) mass is 392 g/mol. The van der Waals surface area contributed by atoms with Gasteiger partial charge >= 0.3 is 5.97 Å². The summed E-state index contributed by atoms with van der Waals surface area (Å²) >= 11 is 1.20. The predicted octanol–water partition coefficient (Wildman–Crippen LogP) is 3.75. The summed E-state index contributed by atoms with van der Waals surface area (Å²) in [7, 11) is 3.59. The highest BCUT2D eigenvalue weighted by molar-refractivity contribution is 7.18. The van der Waals surface area contributed by atoms with E-state index in [0.717, 1.165) is 0 Å². The number of carboxylic acid groups (broad SMARTS) is 1. The normalized spacial score (nSPS) is 10.2. The number of aromatic carboxylic acids is 1. The molecule has 3 aromatic rings. The third kappa shape index (κ3) is 4.00. The van der Waals surface area contributed by atoms with E-state index in [1.54, 1.807) is 55.4 Å². The maximum absolute atomic E-state index is 13.0. The Labute approximate surface area is 165 Å². The van der Waals surface area contributed by atoms with Crippen molar-refractivity contribution in [2.45, 2.75) is 0 Å². The number of anilines is 3. The lowest BCUT2D eigenvalue weighted by Gasteiger charge is -2.10. The summed E-state index contributed by atoms with van der Waals surface area (Å²) in [5, 5.41) is 21.6. The highest BCUT2D eigenvalue weighted by Gasteiger charge is 2.21. The molecular weight excluding hydrogens is 376 g/mol. The van der Waals surface area contributed by atoms with Crippen LogP contribution in [0.15, 0.2) is 48.5 Å². The van der Waals surface area contributed by atoms with Gasteiger partial charge in [0.2, 0.25) is 5.78 Å². The van der Waals surface area contributed by atoms with Gasteiger partial charge in [-0.25, -0.2) is 9.78 Å². The molecule has 3 rings (SSSR count). The minimum absolute atomic E-state index is 0.187. The Morgan fingerprint density at radius 1 is 1.14 bits per heavy atom. The van der Waals surface area contributed by atoms with Gasteiger partial charge in [-0.1, -0.05) is 23.5 Å². The zero-order chi connectivity index (χ0) is 20.3. The van der Waals surface area contributed by atoms with Crippen molar-refractivity contribution in [1.29, 1.82) is 5.26 Å². The summed E-state index contributed by atoms with van der Waals surface area (Å²) in [5.41, 5.74) is 1.68. The van der Waals surface area contributed by atoms with Crippen LogP contribution in [0.5, 0.6) is 0 Å². The number of aromatic nitrogens is 1. The van der Waals surface area contributed by atoms with Gasteiger partial charge in [-0.05, 0) is 36.4 Å². The van der Waals surface area contributed by atoms with Crippen molar-refractivity contribution in [2.24, 2.45) is 0 Å². The van der Waals surface area contributed by atoms with E-state index in [4.69, 9.17) is 10.4 Å². The van der Waals surface area contributed by atoms with Crippen LogP contribution in [0.2, 0.25) is 0 Å². The fourth-order valence-electron chi connectivity index (χ4n) is 2.50. The fourth-order valence-corrected chi connectivity index (χ4v) is 3.52. The molecule has 0 bridgehead atoms. The Bertz CT molecular complexity index is 1080. The first-order valence-electron chi connectivity index (χ1n) is 8.22. The van der Waals surface area contributed by atoms with Crippen LogP contribution >= 0.6 is 11.3 Å². The molecule has 0 saturated heterocycles. The molecule has 28 heavy (non-hydrogen) atoms. The number of carboxylic acids is 1. The van der Waals surface area contributed by atoms with Gasteiger partial charge in [-0.2, -0.15) is 5.26 Å². The Morgan fingerprint density at radius 3 is 2.46 bits per heavy atom. The highest BCUT2D eigenvalue weighted by Crippen LogP contribution is 2.33. The molecule has 0 aliphatic rings. The fraction of sp³-hybridized carbons (Fsp3) is 0.100. The van der Waals surface area contributed by atoms with Crippen molar-refractivity contribution in [1.82, 2.24) is 4.98 Å². The van der Waals surface area contributed by atoms with Gasteiger partial charge in [-0.3, -0.25) is 4.79 Å². The number of hydrogen-bond acceptors (Lipinski definition) is 7. The van der Waals surface area contributed by atoms with E-state index in [1.807, 2.05) is 6.07 Å². The van der Waals surface area contributed by atoms with Gasteiger partial charge in [0.25, 0.3) is 0 Å². The van der Waals surface area contributed by atoms with E-state index in [1.165, 1.54) is 23.5 Å². The number of ketones is 1. The second-order valence-corrected chi connectivity index (χ2v) is 7.09. The third-order valence-electron chi connectivity index (χ3n) is 3.88. The zero-order valence-electron chi connectivity index (χ0n) is 15.1. The summed E-state index contributed by atoms with van der Waals surface area (Å²) in [5.74, 6) is -0.697. The molecule has 0 amide bonds. The molecule has 2 aromatic carbocycles. The molecule has 0 aliphatic heterocycles. The molecule has 0 saturated carbocycles. The van der Waals surface area contributed by atoms with E-state index >= 15 is 0 Å². The first-order valence-corrected chi connectivity index (χ1v) is 9.04. The van der Waals surface area contributed by atoms with Crippen LogP contribution in [0.4, 0.5) is 16.6 Å². The minimum Gasteiger partial charge on any atom is -0.478 e. The maximum Gasteiger partial charge on any atom is 0.335 e. The van der Waals surface area contributed by atoms with Crippen molar-refractivity contribution in [2.75, 3.05) is 24.3 Å². The van der Waals surface area contributed by atoms with Gasteiger partial charge in [-0.15, -0.1) is 0 Å². The van der Waals surface area contributed by atoms with Crippen LogP contribution in [-0.2, 0) is 0 Å². The molecule has 7 nitrogen and oxygen atoms in total. The first kappa shape index (κ1) is 19.1. The molecule has 0 fully saturated rings. The quantitative estimate of drug-likeness (QED) is 0.615. The minimum atomic E-state index is -0.997. The molecule has 140 valence electrons. The average Bonchev–Trinajstić information content (AvgIpc) is 3.12. The predicted molar refractivity (Wildman–Crippen MR) is 108 cm³/mol. The molecule has 0 atom stereocenters. The summed E-state index contributed by atoms with van der Waals surface area (Å²) in [4.78, 5) is 30.6. The van der Waals surface area contributed by atoms with Crippen LogP contribution in [0, 0.1) is 11.3 Å².